The number of hydrogen-bond acceptors (Lipinski definition) is 4. The molecule has 102 valence electrons. The predicted octanol–water partition coefficient (Wildman–Crippen LogP) is 2.62. The minimum atomic E-state index is -2.48. The number of rotatable bonds is 8. The third kappa shape index (κ3) is 4.66. The van der Waals surface area contributed by atoms with E-state index in [9.17, 15) is 13.6 Å². The molecule has 0 aliphatic rings. The molecule has 0 aliphatic carbocycles. The molecule has 7 heteroatoms. The summed E-state index contributed by atoms with van der Waals surface area (Å²) in [6, 6.07) is 0. The Kier molecular flexibility index (Phi) is 6.14. The van der Waals surface area contributed by atoms with Crippen molar-refractivity contribution in [1.82, 2.24) is 4.98 Å². The molecule has 0 saturated carbocycles. The van der Waals surface area contributed by atoms with E-state index in [0.29, 0.717) is 23.5 Å². The number of thiazole rings is 1. The molecule has 1 aromatic heterocycles. The monoisotopic (exact) mass is 279 g/mol. The molecular weight excluding hydrogens is 264 g/mol. The molecule has 1 aromatic rings. The van der Waals surface area contributed by atoms with Gasteiger partial charge in [-0.15, -0.1) is 11.3 Å². The Morgan fingerprint density at radius 1 is 1.50 bits per heavy atom. The fourth-order valence-electron chi connectivity index (χ4n) is 1.41. The maximum Gasteiger partial charge on any atom is 0.347 e. The van der Waals surface area contributed by atoms with Crippen LogP contribution in [-0.4, -0.2) is 35.7 Å². The second-order valence-corrected chi connectivity index (χ2v) is 4.74. The number of aromatic nitrogens is 1. The number of nitrogens with zero attached hydrogens (tertiary/aromatic N) is 1. The van der Waals surface area contributed by atoms with Gasteiger partial charge in [-0.1, -0.05) is 13.3 Å². The third-order valence-electron chi connectivity index (χ3n) is 2.13. The van der Waals surface area contributed by atoms with Crippen LogP contribution in [0.15, 0.2) is 0 Å². The van der Waals surface area contributed by atoms with E-state index < -0.39 is 19.0 Å². The highest BCUT2D eigenvalue weighted by molar-refractivity contribution is 7.13. The zero-order valence-electron chi connectivity index (χ0n) is 9.99. The van der Waals surface area contributed by atoms with Gasteiger partial charge in [-0.25, -0.2) is 18.6 Å². The smallest absolute Gasteiger partial charge is 0.347 e. The maximum absolute atomic E-state index is 11.8. The quantitative estimate of drug-likeness (QED) is 0.743. The van der Waals surface area contributed by atoms with Gasteiger partial charge >= 0.3 is 5.97 Å². The highest BCUT2D eigenvalue weighted by atomic mass is 32.1. The number of halogens is 2. The SMILES string of the molecule is CCCc1nc(CCOCC(F)F)sc1C(=O)O. The van der Waals surface area contributed by atoms with Crippen LogP contribution in [0.2, 0.25) is 0 Å². The number of alkyl halides is 2. The van der Waals surface area contributed by atoms with Gasteiger partial charge in [-0.3, -0.25) is 0 Å². The van der Waals surface area contributed by atoms with Crippen molar-refractivity contribution in [3.63, 3.8) is 0 Å². The van der Waals surface area contributed by atoms with Crippen LogP contribution < -0.4 is 0 Å². The fourth-order valence-corrected chi connectivity index (χ4v) is 2.34. The summed E-state index contributed by atoms with van der Waals surface area (Å²) in [5, 5.41) is 9.61. The molecule has 18 heavy (non-hydrogen) atoms. The first-order chi connectivity index (χ1) is 8.54. The summed E-state index contributed by atoms with van der Waals surface area (Å²) in [5.41, 5.74) is 0.568. The zero-order valence-corrected chi connectivity index (χ0v) is 10.8. The predicted molar refractivity (Wildman–Crippen MR) is 63.6 cm³/mol. The maximum atomic E-state index is 11.8. The molecule has 0 aliphatic heterocycles. The van der Waals surface area contributed by atoms with Crippen LogP contribution in [0.25, 0.3) is 0 Å². The van der Waals surface area contributed by atoms with Gasteiger partial charge in [0.1, 0.15) is 11.5 Å². The molecule has 0 aromatic carbocycles. The van der Waals surface area contributed by atoms with Gasteiger partial charge in [-0.2, -0.15) is 0 Å². The van der Waals surface area contributed by atoms with Crippen molar-refractivity contribution in [3.05, 3.63) is 15.6 Å². The van der Waals surface area contributed by atoms with E-state index in [4.69, 9.17) is 9.84 Å². The van der Waals surface area contributed by atoms with Gasteiger partial charge in [0, 0.05) is 6.42 Å². The summed E-state index contributed by atoms with van der Waals surface area (Å²) in [6.45, 7) is 1.47. The number of carboxylic acid groups (broad SMARTS) is 1. The standard InChI is InChI=1S/C11H15F2NO3S/c1-2-3-7-10(11(15)16)18-9(14-7)4-5-17-6-8(12)13/h8H,2-6H2,1H3,(H,15,16). The zero-order chi connectivity index (χ0) is 13.5. The van der Waals surface area contributed by atoms with Crippen LogP contribution in [-0.2, 0) is 17.6 Å². The molecule has 1 rings (SSSR count). The first kappa shape index (κ1) is 15.0. The van der Waals surface area contributed by atoms with E-state index in [2.05, 4.69) is 4.98 Å². The average Bonchev–Trinajstić information content (AvgIpc) is 2.68. The van der Waals surface area contributed by atoms with Crippen LogP contribution >= 0.6 is 11.3 Å². The van der Waals surface area contributed by atoms with Gasteiger partial charge in [0.05, 0.1) is 17.3 Å². The lowest BCUT2D eigenvalue weighted by Gasteiger charge is -2.00. The van der Waals surface area contributed by atoms with Crippen LogP contribution in [0.1, 0.15) is 33.7 Å². The number of aromatic carboxylic acids is 1. The minimum Gasteiger partial charge on any atom is -0.477 e. The molecule has 1 heterocycles. The highest BCUT2D eigenvalue weighted by Crippen LogP contribution is 2.20. The number of hydrogen-bond donors (Lipinski definition) is 1. The van der Waals surface area contributed by atoms with E-state index in [1.807, 2.05) is 6.92 Å². The van der Waals surface area contributed by atoms with Crippen molar-refractivity contribution < 1.29 is 23.4 Å². The van der Waals surface area contributed by atoms with Gasteiger partial charge in [0.2, 0.25) is 0 Å². The normalized spacial score (nSPS) is 11.1. The molecular formula is C11H15F2NO3S. The van der Waals surface area contributed by atoms with Crippen molar-refractivity contribution in [2.45, 2.75) is 32.6 Å². The van der Waals surface area contributed by atoms with Gasteiger partial charge in [-0.05, 0) is 6.42 Å². The Balaban J connectivity index is 2.55. The third-order valence-corrected chi connectivity index (χ3v) is 3.27. The van der Waals surface area contributed by atoms with Gasteiger partial charge in [0.15, 0.2) is 0 Å². The van der Waals surface area contributed by atoms with Crippen molar-refractivity contribution in [3.8, 4) is 0 Å². The summed E-state index contributed by atoms with van der Waals surface area (Å²) < 4.78 is 28.4. The van der Waals surface area contributed by atoms with Crippen LogP contribution in [0.3, 0.4) is 0 Å². The highest BCUT2D eigenvalue weighted by Gasteiger charge is 2.16. The molecule has 0 radical (unpaired) electrons. The van der Waals surface area contributed by atoms with E-state index >= 15 is 0 Å². The lowest BCUT2D eigenvalue weighted by molar-refractivity contribution is 0.0187. The molecule has 4 nitrogen and oxygen atoms in total. The first-order valence-electron chi connectivity index (χ1n) is 5.62. The Hall–Kier alpha value is -1.08. The van der Waals surface area contributed by atoms with Crippen LogP contribution in [0.4, 0.5) is 8.78 Å². The fraction of sp³-hybridized carbons (Fsp3) is 0.636. The summed E-state index contributed by atoms with van der Waals surface area (Å²) in [6.07, 6.45) is -0.700. The second-order valence-electron chi connectivity index (χ2n) is 3.65. The van der Waals surface area contributed by atoms with E-state index in [0.717, 1.165) is 17.8 Å². The molecule has 0 amide bonds. The Labute approximate surface area is 108 Å². The van der Waals surface area contributed by atoms with E-state index in [-0.39, 0.29) is 11.5 Å². The van der Waals surface area contributed by atoms with Crippen molar-refractivity contribution in [2.75, 3.05) is 13.2 Å². The second kappa shape index (κ2) is 7.38. The summed E-state index contributed by atoms with van der Waals surface area (Å²) >= 11 is 1.09. The van der Waals surface area contributed by atoms with Crippen molar-refractivity contribution in [2.24, 2.45) is 0 Å². The first-order valence-corrected chi connectivity index (χ1v) is 6.44. The average molecular weight is 279 g/mol. The number of aryl methyl sites for hydroxylation is 1. The number of carbonyl (C=O) groups is 1. The van der Waals surface area contributed by atoms with Crippen LogP contribution in [0.5, 0.6) is 0 Å². The Morgan fingerprint density at radius 3 is 2.78 bits per heavy atom. The lowest BCUT2D eigenvalue weighted by Crippen LogP contribution is -2.06. The number of ether oxygens (including phenoxy) is 1. The van der Waals surface area contributed by atoms with E-state index in [1.54, 1.807) is 0 Å². The molecule has 0 fully saturated rings. The molecule has 0 saturated heterocycles. The molecule has 0 unspecified atom stereocenters. The molecule has 1 N–H and O–H groups in total. The topological polar surface area (TPSA) is 59.4 Å². The number of carboxylic acids is 1. The summed E-state index contributed by atoms with van der Waals surface area (Å²) in [7, 11) is 0. The Morgan fingerprint density at radius 2 is 2.22 bits per heavy atom. The molecule has 0 spiro atoms. The van der Waals surface area contributed by atoms with Crippen molar-refractivity contribution >= 4 is 17.3 Å². The summed E-state index contributed by atoms with van der Waals surface area (Å²) in [4.78, 5) is 15.4. The largest absolute Gasteiger partial charge is 0.477 e. The van der Waals surface area contributed by atoms with Crippen molar-refractivity contribution in [1.29, 1.82) is 0 Å². The van der Waals surface area contributed by atoms with Crippen LogP contribution in [0, 0.1) is 0 Å². The Bertz CT molecular complexity index is 396. The van der Waals surface area contributed by atoms with E-state index in [1.165, 1.54) is 0 Å². The molecule has 0 bridgehead atoms. The van der Waals surface area contributed by atoms with Gasteiger partial charge in [0.25, 0.3) is 6.43 Å². The molecule has 0 atom stereocenters. The van der Waals surface area contributed by atoms with Gasteiger partial charge < -0.3 is 9.84 Å². The lowest BCUT2D eigenvalue weighted by atomic mass is 10.2. The summed E-state index contributed by atoms with van der Waals surface area (Å²) in [5.74, 6) is -0.990. The minimum absolute atomic E-state index is 0.127.